The Morgan fingerprint density at radius 1 is 0.509 bits per heavy atom. The molecule has 0 aliphatic carbocycles. The van der Waals surface area contributed by atoms with Gasteiger partial charge in [-0.1, -0.05) is 157 Å². The molecule has 0 saturated heterocycles. The summed E-state index contributed by atoms with van der Waals surface area (Å²) in [7, 11) is 0. The van der Waals surface area contributed by atoms with E-state index < -0.39 is 0 Å². The summed E-state index contributed by atoms with van der Waals surface area (Å²) in [6.45, 7) is 6.31. The Kier molecular flexibility index (Phi) is 10.5. The van der Waals surface area contributed by atoms with Gasteiger partial charge in [0.25, 0.3) is 0 Å². The van der Waals surface area contributed by atoms with E-state index in [1.165, 1.54) is 38.9 Å². The molecule has 0 aliphatic rings. The van der Waals surface area contributed by atoms with Crippen LogP contribution in [-0.2, 0) is 6.54 Å². The van der Waals surface area contributed by atoms with Crippen molar-refractivity contribution in [3.8, 4) is 33.4 Å². The Morgan fingerprint density at radius 2 is 1.07 bits per heavy atom. The van der Waals surface area contributed by atoms with Gasteiger partial charge in [0.15, 0.2) is 0 Å². The van der Waals surface area contributed by atoms with Crippen molar-refractivity contribution in [1.82, 2.24) is 0 Å². The molecule has 10 rings (SSSR count). The second kappa shape index (κ2) is 16.5. The van der Waals surface area contributed by atoms with Crippen molar-refractivity contribution in [1.29, 1.82) is 5.41 Å². The zero-order valence-corrected chi connectivity index (χ0v) is 31.7. The minimum Gasteiger partial charge on any atom is -0.456 e. The molecule has 8 aromatic carbocycles. The molecule has 0 aliphatic heterocycles. The van der Waals surface area contributed by atoms with Crippen LogP contribution in [0.5, 0.6) is 0 Å². The monoisotopic (exact) mass is 739 g/mol. The number of aryl methyl sites for hydroxylation is 1. The molecular weight excluding hydrogens is 699 g/mol. The lowest BCUT2D eigenvalue weighted by atomic mass is 9.96. The first kappa shape index (κ1) is 36.5. The minimum atomic E-state index is 0.0577. The average Bonchev–Trinajstić information content (AvgIpc) is 3.83. The van der Waals surface area contributed by atoms with E-state index in [1.54, 1.807) is 6.07 Å². The summed E-state index contributed by atoms with van der Waals surface area (Å²) in [5, 5.41) is 11.8. The lowest BCUT2D eigenvalue weighted by Crippen LogP contribution is -2.10. The normalized spacial score (nSPS) is 10.8. The van der Waals surface area contributed by atoms with Gasteiger partial charge in [-0.2, -0.15) is 0 Å². The predicted molar refractivity (Wildman–Crippen MR) is 239 cm³/mol. The highest BCUT2D eigenvalue weighted by atomic mass is 16.3. The molecule has 5 heteroatoms. The van der Waals surface area contributed by atoms with Crippen molar-refractivity contribution in [2.75, 3.05) is 0 Å². The van der Waals surface area contributed by atoms with Crippen molar-refractivity contribution in [2.45, 2.75) is 13.5 Å². The maximum Gasteiger partial charge on any atom is 0.136 e. The molecule has 5 nitrogen and oxygen atoms in total. The van der Waals surface area contributed by atoms with Crippen molar-refractivity contribution < 1.29 is 8.83 Å². The maximum atomic E-state index is 7.38. The number of amidine groups is 1. The molecule has 3 N–H and O–H groups in total. The van der Waals surface area contributed by atoms with Gasteiger partial charge in [-0.05, 0) is 89.0 Å². The number of fused-ring (bicyclic) bond motifs is 6. The molecular formula is C52H41N3O2. The summed E-state index contributed by atoms with van der Waals surface area (Å²) in [5.74, 6) is 0.0577. The first-order valence-corrected chi connectivity index (χ1v) is 18.9. The van der Waals surface area contributed by atoms with Crippen LogP contribution in [0, 0.1) is 12.3 Å². The van der Waals surface area contributed by atoms with E-state index in [0.29, 0.717) is 12.1 Å². The highest BCUT2D eigenvalue weighted by Crippen LogP contribution is 2.39. The molecule has 0 unspecified atom stereocenters. The molecule has 57 heavy (non-hydrogen) atoms. The number of nitrogens with zero attached hydrogens (tertiary/aromatic N) is 1. The molecule has 0 saturated carbocycles. The van der Waals surface area contributed by atoms with Crippen LogP contribution in [0.15, 0.2) is 202 Å². The van der Waals surface area contributed by atoms with Crippen LogP contribution in [0.25, 0.3) is 77.3 Å². The van der Waals surface area contributed by atoms with Gasteiger partial charge in [0.2, 0.25) is 0 Å². The fourth-order valence-electron chi connectivity index (χ4n) is 7.08. The highest BCUT2D eigenvalue weighted by Gasteiger charge is 2.14. The molecule has 2 heterocycles. The fourth-order valence-corrected chi connectivity index (χ4v) is 7.08. The third-order valence-corrected chi connectivity index (χ3v) is 10.0. The van der Waals surface area contributed by atoms with Gasteiger partial charge in [-0.3, -0.25) is 10.4 Å². The third kappa shape index (κ3) is 8.00. The molecule has 0 atom stereocenters. The maximum absolute atomic E-state index is 7.38. The van der Waals surface area contributed by atoms with Crippen LogP contribution in [0.1, 0.15) is 16.7 Å². The average molecular weight is 740 g/mol. The number of nitrogens with two attached hydrogens (primary N) is 1. The zero-order chi connectivity index (χ0) is 39.1. The van der Waals surface area contributed by atoms with Crippen LogP contribution in [0.2, 0.25) is 0 Å². The Morgan fingerprint density at radius 3 is 1.75 bits per heavy atom. The summed E-state index contributed by atoms with van der Waals surface area (Å²) in [5.41, 5.74) is 19.2. The van der Waals surface area contributed by atoms with Crippen molar-refractivity contribution in [2.24, 2.45) is 10.7 Å². The quantitative estimate of drug-likeness (QED) is 0.131. The van der Waals surface area contributed by atoms with Gasteiger partial charge in [0.05, 0.1) is 6.54 Å². The fraction of sp³-hybridized carbons (Fsp3) is 0.0385. The highest BCUT2D eigenvalue weighted by molar-refractivity contribution is 6.13. The van der Waals surface area contributed by atoms with E-state index in [1.807, 2.05) is 66.7 Å². The van der Waals surface area contributed by atoms with Crippen molar-refractivity contribution in [3.63, 3.8) is 0 Å². The Bertz CT molecular complexity index is 2960. The number of furan rings is 2. The van der Waals surface area contributed by atoms with Crippen LogP contribution < -0.4 is 5.73 Å². The Balaban J connectivity index is 0.000000162. The molecule has 276 valence electrons. The molecule has 0 amide bonds. The van der Waals surface area contributed by atoms with Crippen LogP contribution in [0.4, 0.5) is 0 Å². The second-order valence-corrected chi connectivity index (χ2v) is 13.9. The molecule has 0 spiro atoms. The summed E-state index contributed by atoms with van der Waals surface area (Å²) >= 11 is 0. The predicted octanol–water partition coefficient (Wildman–Crippen LogP) is 13.7. The van der Waals surface area contributed by atoms with E-state index in [0.717, 1.165) is 49.4 Å². The second-order valence-electron chi connectivity index (χ2n) is 13.9. The zero-order valence-electron chi connectivity index (χ0n) is 31.7. The minimum absolute atomic E-state index is 0.0577. The molecule has 2 aromatic heterocycles. The van der Waals surface area contributed by atoms with E-state index in [-0.39, 0.29) is 5.84 Å². The number of hydrogen-bond acceptors (Lipinski definition) is 4. The molecule has 0 radical (unpaired) electrons. The summed E-state index contributed by atoms with van der Waals surface area (Å²) in [4.78, 5) is 3.99. The van der Waals surface area contributed by atoms with Gasteiger partial charge in [0.1, 0.15) is 28.2 Å². The first-order chi connectivity index (χ1) is 27.9. The summed E-state index contributed by atoms with van der Waals surface area (Å²) < 4.78 is 11.9. The lowest BCUT2D eigenvalue weighted by Gasteiger charge is -2.07. The molecule has 0 bridgehead atoms. The number of para-hydroxylation sites is 1. The molecule has 10 aromatic rings. The van der Waals surface area contributed by atoms with Crippen molar-refractivity contribution >= 4 is 56.4 Å². The van der Waals surface area contributed by atoms with Crippen molar-refractivity contribution in [3.05, 3.63) is 205 Å². The Hall–Kier alpha value is -7.50. The number of aliphatic imine (C=N–C) groups is 1. The third-order valence-electron chi connectivity index (χ3n) is 10.0. The van der Waals surface area contributed by atoms with Gasteiger partial charge in [-0.25, -0.2) is 0 Å². The smallest absolute Gasteiger partial charge is 0.136 e. The van der Waals surface area contributed by atoms with Crippen LogP contribution in [0.3, 0.4) is 0 Å². The largest absolute Gasteiger partial charge is 0.456 e. The SMILES string of the molecule is C=NCc1ccc(-c2cccc3oc4ccc(-c5ccc(-c6ccccc6)cc5)cc4c23)cc1.Cc1ccccc1.N=C(N)c1ccc2c(c1)oc1ccccc12. The van der Waals surface area contributed by atoms with Gasteiger partial charge in [0, 0.05) is 27.1 Å². The van der Waals surface area contributed by atoms with E-state index in [4.69, 9.17) is 20.0 Å². The van der Waals surface area contributed by atoms with E-state index in [9.17, 15) is 0 Å². The Labute approximate surface area is 331 Å². The summed E-state index contributed by atoms with van der Waals surface area (Å²) in [6, 6.07) is 64.2. The van der Waals surface area contributed by atoms with Gasteiger partial charge >= 0.3 is 0 Å². The first-order valence-electron chi connectivity index (χ1n) is 18.9. The molecule has 0 fully saturated rings. The standard InChI is InChI=1S/C32H23NO.C13H10N2O.C7H8/c1-33-21-22-10-12-26(13-11-22)28-8-5-9-31-32(28)29-20-27(18-19-30(29)34-31)25-16-14-24(15-17-25)23-6-3-2-4-7-23;14-13(15)8-5-6-10-9-3-1-2-4-11(9)16-12(10)7-8;1-7-5-3-2-4-6-7/h2-20H,1,21H2;1-7H,(H3,14,15);2-6H,1H3. The number of nitrogens with one attached hydrogen (secondary N) is 1. The van der Waals surface area contributed by atoms with E-state index in [2.05, 4.69) is 134 Å². The van der Waals surface area contributed by atoms with E-state index >= 15 is 0 Å². The van der Waals surface area contributed by atoms with Crippen LogP contribution in [-0.4, -0.2) is 12.6 Å². The lowest BCUT2D eigenvalue weighted by molar-refractivity contribution is 0.668. The number of nitrogen functional groups attached to an aromatic ring is 1. The summed E-state index contributed by atoms with van der Waals surface area (Å²) in [6.07, 6.45) is 0. The van der Waals surface area contributed by atoms with Crippen LogP contribution >= 0.6 is 0 Å². The van der Waals surface area contributed by atoms with Gasteiger partial charge in [-0.15, -0.1) is 0 Å². The van der Waals surface area contributed by atoms with Gasteiger partial charge < -0.3 is 14.6 Å². The number of hydrogen-bond donors (Lipinski definition) is 2. The number of benzene rings is 8. The number of rotatable bonds is 6. The topological polar surface area (TPSA) is 88.5 Å².